The van der Waals surface area contributed by atoms with E-state index in [9.17, 15) is 0 Å². The van der Waals surface area contributed by atoms with Crippen molar-refractivity contribution in [3.05, 3.63) is 53.6 Å². The maximum Gasteiger partial charge on any atom is 0.142 e. The Hall–Kier alpha value is -1.61. The Morgan fingerprint density at radius 2 is 1.89 bits per heavy atom. The molecule has 0 aliphatic rings. The summed E-state index contributed by atoms with van der Waals surface area (Å²) in [6.45, 7) is 4.91. The molecular weight excluding hydrogens is 254 g/mol. The van der Waals surface area contributed by atoms with Crippen molar-refractivity contribution in [2.24, 2.45) is 0 Å². The average Bonchev–Trinajstić information content (AvgIpc) is 2.40. The summed E-state index contributed by atoms with van der Waals surface area (Å²) in [5, 5.41) is 0. The average molecular weight is 273 g/mol. The summed E-state index contributed by atoms with van der Waals surface area (Å²) in [4.78, 5) is 1.32. The third-order valence-electron chi connectivity index (χ3n) is 2.86. The fourth-order valence-corrected chi connectivity index (χ4v) is 2.73. The number of nitrogens with two attached hydrogens (primary N) is 1. The molecule has 0 fully saturated rings. The molecule has 0 heterocycles. The smallest absolute Gasteiger partial charge is 0.142 e. The van der Waals surface area contributed by atoms with Crippen LogP contribution in [0.4, 0.5) is 5.69 Å². The number of benzene rings is 2. The van der Waals surface area contributed by atoms with Crippen molar-refractivity contribution in [3.63, 3.8) is 0 Å². The van der Waals surface area contributed by atoms with Crippen LogP contribution in [0.25, 0.3) is 0 Å². The molecular formula is C16H19NOS. The minimum atomic E-state index is 0.659. The molecule has 19 heavy (non-hydrogen) atoms. The normalized spacial score (nSPS) is 10.4. The topological polar surface area (TPSA) is 35.2 Å². The minimum absolute atomic E-state index is 0.659. The van der Waals surface area contributed by atoms with Crippen LogP contribution in [0.5, 0.6) is 5.75 Å². The molecule has 0 aromatic heterocycles. The van der Waals surface area contributed by atoms with E-state index in [1.807, 2.05) is 36.0 Å². The van der Waals surface area contributed by atoms with Gasteiger partial charge in [0.2, 0.25) is 0 Å². The molecule has 100 valence electrons. The molecule has 0 aliphatic heterocycles. The number of nitrogen functional groups attached to an aromatic ring is 1. The summed E-state index contributed by atoms with van der Waals surface area (Å²) in [6.07, 6.45) is 0. The third-order valence-corrected chi connectivity index (χ3v) is 3.98. The van der Waals surface area contributed by atoms with Crippen molar-refractivity contribution in [3.8, 4) is 5.75 Å². The maximum atomic E-state index is 5.83. The van der Waals surface area contributed by atoms with Crippen molar-refractivity contribution in [2.45, 2.75) is 18.7 Å². The van der Waals surface area contributed by atoms with E-state index in [-0.39, 0.29) is 0 Å². The molecule has 0 saturated carbocycles. The molecule has 0 bridgehead atoms. The largest absolute Gasteiger partial charge is 0.491 e. The van der Waals surface area contributed by atoms with Crippen molar-refractivity contribution in [1.29, 1.82) is 0 Å². The van der Waals surface area contributed by atoms with E-state index >= 15 is 0 Å². The number of para-hydroxylation sites is 2. The zero-order valence-electron chi connectivity index (χ0n) is 11.3. The molecule has 2 N–H and O–H groups in total. The summed E-state index contributed by atoms with van der Waals surface area (Å²) < 4.78 is 5.68. The Bertz CT molecular complexity index is 554. The van der Waals surface area contributed by atoms with Crippen LogP contribution < -0.4 is 10.5 Å². The summed E-state index contributed by atoms with van der Waals surface area (Å²) in [7, 11) is 0. The van der Waals surface area contributed by atoms with Crippen LogP contribution in [0.2, 0.25) is 0 Å². The lowest BCUT2D eigenvalue weighted by atomic mass is 10.2. The lowest BCUT2D eigenvalue weighted by Crippen LogP contribution is -2.02. The molecule has 2 aromatic carbocycles. The van der Waals surface area contributed by atoms with Gasteiger partial charge in [-0.2, -0.15) is 0 Å². The minimum Gasteiger partial charge on any atom is -0.491 e. The zero-order chi connectivity index (χ0) is 13.7. The summed E-state index contributed by atoms with van der Waals surface area (Å²) in [5.41, 5.74) is 9.13. The molecule has 0 radical (unpaired) electrons. The second-order valence-corrected chi connectivity index (χ2v) is 5.64. The van der Waals surface area contributed by atoms with Gasteiger partial charge in [-0.1, -0.05) is 29.8 Å². The highest BCUT2D eigenvalue weighted by atomic mass is 32.2. The standard InChI is InChI=1S/C16H19NOS/c1-12-7-8-13(2)16(11-12)19-10-9-18-15-6-4-3-5-14(15)17/h3-8,11H,9-10,17H2,1-2H3. The van der Waals surface area contributed by atoms with Gasteiger partial charge in [0.25, 0.3) is 0 Å². The Balaban J connectivity index is 1.84. The van der Waals surface area contributed by atoms with E-state index in [0.717, 1.165) is 11.5 Å². The number of anilines is 1. The van der Waals surface area contributed by atoms with E-state index in [0.29, 0.717) is 12.3 Å². The molecule has 0 saturated heterocycles. The Morgan fingerprint density at radius 3 is 2.68 bits per heavy atom. The Morgan fingerprint density at radius 1 is 1.11 bits per heavy atom. The van der Waals surface area contributed by atoms with E-state index < -0.39 is 0 Å². The molecule has 0 amide bonds. The zero-order valence-corrected chi connectivity index (χ0v) is 12.2. The van der Waals surface area contributed by atoms with E-state index in [4.69, 9.17) is 10.5 Å². The number of aryl methyl sites for hydroxylation is 2. The third kappa shape index (κ3) is 3.93. The number of rotatable bonds is 5. The van der Waals surface area contributed by atoms with Crippen molar-refractivity contribution >= 4 is 17.4 Å². The predicted octanol–water partition coefficient (Wildman–Crippen LogP) is 4.06. The molecule has 0 aliphatic carbocycles. The first-order chi connectivity index (χ1) is 9.16. The first-order valence-corrected chi connectivity index (χ1v) is 7.33. The second kappa shape index (κ2) is 6.53. The van der Waals surface area contributed by atoms with Gasteiger partial charge in [-0.15, -0.1) is 11.8 Å². The van der Waals surface area contributed by atoms with Crippen molar-refractivity contribution in [2.75, 3.05) is 18.1 Å². The van der Waals surface area contributed by atoms with Gasteiger partial charge in [0.15, 0.2) is 0 Å². The highest BCUT2D eigenvalue weighted by molar-refractivity contribution is 7.99. The fraction of sp³-hybridized carbons (Fsp3) is 0.250. The molecule has 2 aromatic rings. The van der Waals surface area contributed by atoms with Gasteiger partial charge >= 0.3 is 0 Å². The number of ether oxygens (including phenoxy) is 1. The maximum absolute atomic E-state index is 5.83. The van der Waals surface area contributed by atoms with Crippen LogP contribution in [0.3, 0.4) is 0 Å². The molecule has 2 rings (SSSR count). The van der Waals surface area contributed by atoms with Crippen LogP contribution in [-0.2, 0) is 0 Å². The van der Waals surface area contributed by atoms with Gasteiger partial charge in [0, 0.05) is 10.6 Å². The van der Waals surface area contributed by atoms with Crippen LogP contribution in [0.1, 0.15) is 11.1 Å². The number of hydrogen-bond acceptors (Lipinski definition) is 3. The number of thioether (sulfide) groups is 1. The van der Waals surface area contributed by atoms with Gasteiger partial charge in [-0.25, -0.2) is 0 Å². The molecule has 0 unspecified atom stereocenters. The molecule has 0 atom stereocenters. The van der Waals surface area contributed by atoms with Crippen molar-refractivity contribution < 1.29 is 4.74 Å². The number of hydrogen-bond donors (Lipinski definition) is 1. The summed E-state index contributed by atoms with van der Waals surface area (Å²) in [6, 6.07) is 14.1. The SMILES string of the molecule is Cc1ccc(C)c(SCCOc2ccccc2N)c1. The second-order valence-electron chi connectivity index (χ2n) is 4.50. The van der Waals surface area contributed by atoms with Crippen LogP contribution in [0, 0.1) is 13.8 Å². The highest BCUT2D eigenvalue weighted by Crippen LogP contribution is 2.24. The van der Waals surface area contributed by atoms with E-state index in [2.05, 4.69) is 32.0 Å². The van der Waals surface area contributed by atoms with E-state index in [1.54, 1.807) is 0 Å². The van der Waals surface area contributed by atoms with Gasteiger partial charge < -0.3 is 10.5 Å². The van der Waals surface area contributed by atoms with Gasteiger partial charge in [0.05, 0.1) is 12.3 Å². The molecule has 0 spiro atoms. The molecule has 2 nitrogen and oxygen atoms in total. The lowest BCUT2D eigenvalue weighted by molar-refractivity contribution is 0.346. The monoisotopic (exact) mass is 273 g/mol. The fourth-order valence-electron chi connectivity index (χ4n) is 1.78. The van der Waals surface area contributed by atoms with Gasteiger partial charge in [-0.05, 0) is 37.6 Å². The Kier molecular flexibility index (Phi) is 4.74. The lowest BCUT2D eigenvalue weighted by Gasteiger charge is -2.09. The van der Waals surface area contributed by atoms with Crippen LogP contribution in [0.15, 0.2) is 47.4 Å². The first kappa shape index (κ1) is 13.8. The highest BCUT2D eigenvalue weighted by Gasteiger charge is 2.01. The first-order valence-electron chi connectivity index (χ1n) is 6.34. The van der Waals surface area contributed by atoms with Gasteiger partial charge in [0.1, 0.15) is 5.75 Å². The quantitative estimate of drug-likeness (QED) is 0.507. The van der Waals surface area contributed by atoms with Crippen molar-refractivity contribution in [1.82, 2.24) is 0 Å². The predicted molar refractivity (Wildman–Crippen MR) is 83.0 cm³/mol. The van der Waals surface area contributed by atoms with E-state index in [1.165, 1.54) is 16.0 Å². The molecule has 3 heteroatoms. The summed E-state index contributed by atoms with van der Waals surface area (Å²) >= 11 is 1.82. The van der Waals surface area contributed by atoms with Crippen LogP contribution in [-0.4, -0.2) is 12.4 Å². The Labute approximate surface area is 119 Å². The summed E-state index contributed by atoms with van der Waals surface area (Å²) in [5.74, 6) is 1.68. The van der Waals surface area contributed by atoms with Crippen LogP contribution >= 0.6 is 11.8 Å². The van der Waals surface area contributed by atoms with Gasteiger partial charge in [-0.3, -0.25) is 0 Å².